The lowest BCUT2D eigenvalue weighted by atomic mass is 9.82. The number of hydrogen-bond donors (Lipinski definition) is 1. The van der Waals surface area contributed by atoms with Crippen molar-refractivity contribution in [2.45, 2.75) is 70.8 Å². The summed E-state index contributed by atoms with van der Waals surface area (Å²) >= 11 is 0. The van der Waals surface area contributed by atoms with Gasteiger partial charge in [0.2, 0.25) is 0 Å². The minimum atomic E-state index is 0.314. The summed E-state index contributed by atoms with van der Waals surface area (Å²) in [5.74, 6) is 1.70. The average Bonchev–Trinajstić information content (AvgIpc) is 2.76. The Balaban J connectivity index is 1.61. The number of rotatable bonds is 6. The Kier molecular flexibility index (Phi) is 5.50. The highest BCUT2D eigenvalue weighted by atomic mass is 16.5. The molecule has 0 aromatic rings. The van der Waals surface area contributed by atoms with Crippen LogP contribution >= 0.6 is 0 Å². The molecule has 0 aromatic heterocycles. The molecule has 0 bridgehead atoms. The van der Waals surface area contributed by atoms with Gasteiger partial charge in [-0.3, -0.25) is 0 Å². The van der Waals surface area contributed by atoms with E-state index < -0.39 is 0 Å². The molecule has 1 spiro atoms. The monoisotopic (exact) mass is 253 g/mol. The molecule has 2 heteroatoms. The minimum absolute atomic E-state index is 0.314. The van der Waals surface area contributed by atoms with Gasteiger partial charge in [-0.25, -0.2) is 0 Å². The Hall–Kier alpha value is -0.0800. The van der Waals surface area contributed by atoms with Crippen molar-refractivity contribution in [2.24, 2.45) is 11.8 Å². The van der Waals surface area contributed by atoms with Crippen molar-refractivity contribution < 1.29 is 4.74 Å². The Morgan fingerprint density at radius 3 is 2.78 bits per heavy atom. The number of nitrogens with one attached hydrogen (secondary N) is 1. The molecule has 1 atom stereocenters. The van der Waals surface area contributed by atoms with Crippen molar-refractivity contribution >= 4 is 0 Å². The van der Waals surface area contributed by atoms with Gasteiger partial charge in [0, 0.05) is 6.61 Å². The number of hydrogen-bond acceptors (Lipinski definition) is 2. The second-order valence-electron chi connectivity index (χ2n) is 6.84. The highest BCUT2D eigenvalue weighted by molar-refractivity contribution is 4.91. The average molecular weight is 253 g/mol. The third kappa shape index (κ3) is 4.24. The van der Waals surface area contributed by atoms with Gasteiger partial charge in [0.05, 0.1) is 5.60 Å². The fourth-order valence-electron chi connectivity index (χ4n) is 3.65. The van der Waals surface area contributed by atoms with E-state index >= 15 is 0 Å². The van der Waals surface area contributed by atoms with E-state index in [1.165, 1.54) is 57.9 Å². The van der Waals surface area contributed by atoms with Crippen LogP contribution in [-0.2, 0) is 4.74 Å². The van der Waals surface area contributed by atoms with Crippen LogP contribution in [0.15, 0.2) is 0 Å². The lowest BCUT2D eigenvalue weighted by Crippen LogP contribution is -2.37. The zero-order chi connectivity index (χ0) is 12.8. The predicted molar refractivity (Wildman–Crippen MR) is 76.8 cm³/mol. The lowest BCUT2D eigenvalue weighted by molar-refractivity contribution is -0.0938. The topological polar surface area (TPSA) is 21.3 Å². The van der Waals surface area contributed by atoms with E-state index in [0.29, 0.717) is 5.60 Å². The molecule has 18 heavy (non-hydrogen) atoms. The van der Waals surface area contributed by atoms with Crippen molar-refractivity contribution in [3.05, 3.63) is 0 Å². The summed E-state index contributed by atoms with van der Waals surface area (Å²) in [5, 5.41) is 3.55. The molecular weight excluding hydrogens is 222 g/mol. The summed E-state index contributed by atoms with van der Waals surface area (Å²) in [6.07, 6.45) is 10.8. The zero-order valence-electron chi connectivity index (χ0n) is 12.3. The van der Waals surface area contributed by atoms with E-state index in [2.05, 4.69) is 19.2 Å². The first kappa shape index (κ1) is 14.3. The molecule has 1 heterocycles. The minimum Gasteiger partial charge on any atom is -0.375 e. The van der Waals surface area contributed by atoms with Crippen molar-refractivity contribution in [3.8, 4) is 0 Å². The van der Waals surface area contributed by atoms with E-state index in [1.54, 1.807) is 0 Å². The summed E-state index contributed by atoms with van der Waals surface area (Å²) < 4.78 is 6.10. The molecule has 2 aliphatic rings. The molecule has 1 aliphatic heterocycles. The Morgan fingerprint density at radius 2 is 2.06 bits per heavy atom. The Labute approximate surface area is 113 Å². The molecule has 2 nitrogen and oxygen atoms in total. The largest absolute Gasteiger partial charge is 0.375 e. The van der Waals surface area contributed by atoms with Gasteiger partial charge in [-0.1, -0.05) is 26.7 Å². The molecule has 1 aliphatic carbocycles. The van der Waals surface area contributed by atoms with Crippen molar-refractivity contribution in [1.82, 2.24) is 5.32 Å². The molecule has 2 fully saturated rings. The summed E-state index contributed by atoms with van der Waals surface area (Å²) in [5.41, 5.74) is 0.314. The molecule has 1 unspecified atom stereocenters. The number of ether oxygens (including phenoxy) is 1. The first-order valence-corrected chi connectivity index (χ1v) is 8.05. The van der Waals surface area contributed by atoms with Crippen LogP contribution in [0.2, 0.25) is 0 Å². The standard InChI is InChI=1S/C16H31NO/c1-14(2)13-17-10-5-6-15-7-11-18-16(12-15)8-3-4-9-16/h14-15,17H,3-13H2,1-2H3. The fourth-order valence-corrected chi connectivity index (χ4v) is 3.65. The highest BCUT2D eigenvalue weighted by Crippen LogP contribution is 2.42. The molecule has 1 saturated carbocycles. The third-order valence-electron chi connectivity index (χ3n) is 4.63. The van der Waals surface area contributed by atoms with Crippen molar-refractivity contribution in [2.75, 3.05) is 19.7 Å². The van der Waals surface area contributed by atoms with Crippen LogP contribution in [0.1, 0.15) is 65.2 Å². The molecule has 2 rings (SSSR count). The molecule has 1 N–H and O–H groups in total. The van der Waals surface area contributed by atoms with Crippen LogP contribution in [-0.4, -0.2) is 25.3 Å². The Morgan fingerprint density at radius 1 is 1.28 bits per heavy atom. The predicted octanol–water partition coefficient (Wildman–Crippen LogP) is 3.75. The normalized spacial score (nSPS) is 27.2. The molecular formula is C16H31NO. The molecule has 0 amide bonds. The highest BCUT2D eigenvalue weighted by Gasteiger charge is 2.39. The van der Waals surface area contributed by atoms with Gasteiger partial charge in [0.1, 0.15) is 0 Å². The lowest BCUT2D eigenvalue weighted by Gasteiger charge is -2.38. The summed E-state index contributed by atoms with van der Waals surface area (Å²) in [4.78, 5) is 0. The maximum absolute atomic E-state index is 6.10. The SMILES string of the molecule is CC(C)CNCCCC1CCOC2(CCCC2)C1. The van der Waals surface area contributed by atoms with E-state index in [-0.39, 0.29) is 0 Å². The molecule has 0 aromatic carbocycles. The van der Waals surface area contributed by atoms with E-state index in [9.17, 15) is 0 Å². The summed E-state index contributed by atoms with van der Waals surface area (Å²) in [7, 11) is 0. The van der Waals surface area contributed by atoms with Crippen LogP contribution in [0.25, 0.3) is 0 Å². The van der Waals surface area contributed by atoms with Gasteiger partial charge in [-0.2, -0.15) is 0 Å². The fraction of sp³-hybridized carbons (Fsp3) is 1.00. The quantitative estimate of drug-likeness (QED) is 0.728. The van der Waals surface area contributed by atoms with Crippen molar-refractivity contribution in [3.63, 3.8) is 0 Å². The van der Waals surface area contributed by atoms with Gasteiger partial charge in [0.15, 0.2) is 0 Å². The maximum Gasteiger partial charge on any atom is 0.0685 e. The second kappa shape index (κ2) is 6.91. The molecule has 106 valence electrons. The second-order valence-corrected chi connectivity index (χ2v) is 6.84. The van der Waals surface area contributed by atoms with Crippen LogP contribution in [0.5, 0.6) is 0 Å². The van der Waals surface area contributed by atoms with Gasteiger partial charge in [-0.15, -0.1) is 0 Å². The van der Waals surface area contributed by atoms with Gasteiger partial charge in [0.25, 0.3) is 0 Å². The summed E-state index contributed by atoms with van der Waals surface area (Å²) in [6, 6.07) is 0. The smallest absolute Gasteiger partial charge is 0.0685 e. The first-order valence-electron chi connectivity index (χ1n) is 8.05. The maximum atomic E-state index is 6.10. The Bertz CT molecular complexity index is 233. The van der Waals surface area contributed by atoms with Crippen LogP contribution in [0.3, 0.4) is 0 Å². The summed E-state index contributed by atoms with van der Waals surface area (Å²) in [6.45, 7) is 7.93. The van der Waals surface area contributed by atoms with Gasteiger partial charge in [-0.05, 0) is 63.5 Å². The first-order chi connectivity index (χ1) is 8.70. The molecule has 1 saturated heterocycles. The van der Waals surface area contributed by atoms with Crippen LogP contribution < -0.4 is 5.32 Å². The zero-order valence-corrected chi connectivity index (χ0v) is 12.3. The van der Waals surface area contributed by atoms with Gasteiger partial charge >= 0.3 is 0 Å². The molecule has 0 radical (unpaired) electrons. The van der Waals surface area contributed by atoms with Crippen molar-refractivity contribution in [1.29, 1.82) is 0 Å². The van der Waals surface area contributed by atoms with E-state index in [1.807, 2.05) is 0 Å². The van der Waals surface area contributed by atoms with Crippen LogP contribution in [0.4, 0.5) is 0 Å². The van der Waals surface area contributed by atoms with Crippen LogP contribution in [0, 0.1) is 11.8 Å². The third-order valence-corrected chi connectivity index (χ3v) is 4.63. The van der Waals surface area contributed by atoms with E-state index in [0.717, 1.165) is 25.0 Å². The van der Waals surface area contributed by atoms with E-state index in [4.69, 9.17) is 4.74 Å². The van der Waals surface area contributed by atoms with Gasteiger partial charge < -0.3 is 10.1 Å².